The Bertz CT molecular complexity index is 225. The van der Waals surface area contributed by atoms with Gasteiger partial charge in [-0.1, -0.05) is 0 Å². The van der Waals surface area contributed by atoms with Gasteiger partial charge in [0.15, 0.2) is 0 Å². The van der Waals surface area contributed by atoms with Gasteiger partial charge in [-0.2, -0.15) is 5.10 Å². The molecular formula is C5H7F2N3O. The lowest BCUT2D eigenvalue weighted by molar-refractivity contribution is 0.140. The molecule has 0 aliphatic carbocycles. The van der Waals surface area contributed by atoms with Crippen molar-refractivity contribution in [3.8, 4) is 0 Å². The van der Waals surface area contributed by atoms with Crippen LogP contribution in [0.2, 0.25) is 0 Å². The summed E-state index contributed by atoms with van der Waals surface area (Å²) < 4.78 is 23.6. The van der Waals surface area contributed by atoms with Gasteiger partial charge in [0.1, 0.15) is 5.82 Å². The van der Waals surface area contributed by atoms with Crippen molar-refractivity contribution in [3.05, 3.63) is 11.6 Å². The standard InChI is InChI=1S/C5H7F2N3O/c6-4(7)5-8-3(1-2-11)9-10-5/h4,11H,1-2H2,(H,8,9,10). The number of hydrogen-bond acceptors (Lipinski definition) is 3. The van der Waals surface area contributed by atoms with Crippen LogP contribution in [-0.4, -0.2) is 26.9 Å². The molecule has 11 heavy (non-hydrogen) atoms. The molecule has 2 N–H and O–H groups in total. The Labute approximate surface area is 61.3 Å². The van der Waals surface area contributed by atoms with Crippen LogP contribution in [0, 0.1) is 0 Å². The minimum atomic E-state index is -2.65. The molecule has 6 heteroatoms. The van der Waals surface area contributed by atoms with Crippen molar-refractivity contribution in [2.75, 3.05) is 6.61 Å². The number of nitrogens with zero attached hydrogens (tertiary/aromatic N) is 2. The molecule has 1 aromatic heterocycles. The molecule has 4 nitrogen and oxygen atoms in total. The Morgan fingerprint density at radius 2 is 2.27 bits per heavy atom. The number of aliphatic hydroxyl groups is 1. The summed E-state index contributed by atoms with van der Waals surface area (Å²) >= 11 is 0. The first-order chi connectivity index (χ1) is 5.24. The maximum Gasteiger partial charge on any atom is 0.299 e. The van der Waals surface area contributed by atoms with Gasteiger partial charge < -0.3 is 5.11 Å². The number of aromatic amines is 1. The SMILES string of the molecule is OCCc1nc(C(F)F)n[nH]1. The first kappa shape index (κ1) is 8.06. The molecule has 0 saturated carbocycles. The summed E-state index contributed by atoms with van der Waals surface area (Å²) in [6, 6.07) is 0. The van der Waals surface area contributed by atoms with Crippen molar-refractivity contribution >= 4 is 0 Å². The molecule has 1 rings (SSSR count). The van der Waals surface area contributed by atoms with E-state index in [1.54, 1.807) is 0 Å². The summed E-state index contributed by atoms with van der Waals surface area (Å²) in [5, 5.41) is 13.9. The second kappa shape index (κ2) is 3.38. The van der Waals surface area contributed by atoms with E-state index in [2.05, 4.69) is 15.2 Å². The Morgan fingerprint density at radius 1 is 1.55 bits per heavy atom. The molecule has 1 aromatic rings. The smallest absolute Gasteiger partial charge is 0.299 e. The summed E-state index contributed by atoms with van der Waals surface area (Å²) in [6.45, 7) is -0.127. The van der Waals surface area contributed by atoms with E-state index in [0.717, 1.165) is 0 Å². The van der Waals surface area contributed by atoms with Crippen LogP contribution < -0.4 is 0 Å². The van der Waals surface area contributed by atoms with Gasteiger partial charge in [-0.25, -0.2) is 13.8 Å². The van der Waals surface area contributed by atoms with Crippen LogP contribution >= 0.6 is 0 Å². The number of alkyl halides is 2. The Balaban J connectivity index is 2.66. The van der Waals surface area contributed by atoms with Gasteiger partial charge in [0.25, 0.3) is 6.43 Å². The van der Waals surface area contributed by atoms with Gasteiger partial charge in [-0.3, -0.25) is 5.10 Å². The molecule has 0 atom stereocenters. The van der Waals surface area contributed by atoms with Crippen LogP contribution in [0.3, 0.4) is 0 Å². The van der Waals surface area contributed by atoms with Crippen molar-refractivity contribution in [3.63, 3.8) is 0 Å². The van der Waals surface area contributed by atoms with Gasteiger partial charge in [-0.15, -0.1) is 0 Å². The van der Waals surface area contributed by atoms with Crippen LogP contribution in [0.4, 0.5) is 8.78 Å². The first-order valence-electron chi connectivity index (χ1n) is 3.04. The first-order valence-corrected chi connectivity index (χ1v) is 3.04. The number of H-pyrrole nitrogens is 1. The summed E-state index contributed by atoms with van der Waals surface area (Å²) in [5.74, 6) is -0.240. The second-order valence-electron chi connectivity index (χ2n) is 1.91. The van der Waals surface area contributed by atoms with Crippen LogP contribution in [0.1, 0.15) is 18.1 Å². The Kier molecular flexibility index (Phi) is 2.48. The zero-order chi connectivity index (χ0) is 8.27. The number of rotatable bonds is 3. The zero-order valence-electron chi connectivity index (χ0n) is 5.59. The van der Waals surface area contributed by atoms with E-state index >= 15 is 0 Å². The molecule has 1 heterocycles. The monoisotopic (exact) mass is 163 g/mol. The van der Waals surface area contributed by atoms with Crippen LogP contribution in [0.25, 0.3) is 0 Å². The number of aliphatic hydroxyl groups excluding tert-OH is 1. The number of hydrogen-bond donors (Lipinski definition) is 2. The molecule has 0 spiro atoms. The van der Waals surface area contributed by atoms with Gasteiger partial charge in [0.05, 0.1) is 6.61 Å². The highest BCUT2D eigenvalue weighted by molar-refractivity contribution is 4.91. The summed E-state index contributed by atoms with van der Waals surface area (Å²) in [6.07, 6.45) is -2.43. The summed E-state index contributed by atoms with van der Waals surface area (Å²) in [5.41, 5.74) is 0. The van der Waals surface area contributed by atoms with E-state index in [1.807, 2.05) is 0 Å². The zero-order valence-corrected chi connectivity index (χ0v) is 5.59. The highest BCUT2D eigenvalue weighted by atomic mass is 19.3. The van der Waals surface area contributed by atoms with E-state index in [1.165, 1.54) is 0 Å². The van der Waals surface area contributed by atoms with Crippen LogP contribution in [-0.2, 0) is 6.42 Å². The third-order valence-corrected chi connectivity index (χ3v) is 1.09. The van der Waals surface area contributed by atoms with E-state index in [-0.39, 0.29) is 18.9 Å². The quantitative estimate of drug-likeness (QED) is 0.672. The highest BCUT2D eigenvalue weighted by Crippen LogP contribution is 2.12. The van der Waals surface area contributed by atoms with Crippen LogP contribution in [0.5, 0.6) is 0 Å². The minimum absolute atomic E-state index is 0.127. The average molecular weight is 163 g/mol. The predicted octanol–water partition coefficient (Wildman–Crippen LogP) is 0.277. The summed E-state index contributed by atoms with van der Waals surface area (Å²) in [4.78, 5) is 3.42. The Hall–Kier alpha value is -1.04. The minimum Gasteiger partial charge on any atom is -0.396 e. The number of aromatic nitrogens is 3. The van der Waals surface area contributed by atoms with Crippen molar-refractivity contribution in [2.24, 2.45) is 0 Å². The van der Waals surface area contributed by atoms with Crippen molar-refractivity contribution < 1.29 is 13.9 Å². The molecule has 0 bridgehead atoms. The molecule has 0 aliphatic heterocycles. The van der Waals surface area contributed by atoms with Crippen molar-refractivity contribution in [2.45, 2.75) is 12.8 Å². The normalized spacial score (nSPS) is 10.9. The largest absolute Gasteiger partial charge is 0.396 e. The van der Waals surface area contributed by atoms with Gasteiger partial charge in [0, 0.05) is 6.42 Å². The lowest BCUT2D eigenvalue weighted by Gasteiger charge is -1.87. The van der Waals surface area contributed by atoms with E-state index < -0.39 is 12.2 Å². The molecule has 62 valence electrons. The average Bonchev–Trinajstić information content (AvgIpc) is 2.37. The highest BCUT2D eigenvalue weighted by Gasteiger charge is 2.12. The molecule has 0 fully saturated rings. The molecule has 0 unspecified atom stereocenters. The topological polar surface area (TPSA) is 61.8 Å². The molecular weight excluding hydrogens is 156 g/mol. The second-order valence-corrected chi connectivity index (χ2v) is 1.91. The molecule has 0 aliphatic rings. The fourth-order valence-corrected chi connectivity index (χ4v) is 0.625. The van der Waals surface area contributed by atoms with E-state index in [9.17, 15) is 8.78 Å². The fourth-order valence-electron chi connectivity index (χ4n) is 0.625. The van der Waals surface area contributed by atoms with Crippen molar-refractivity contribution in [1.82, 2.24) is 15.2 Å². The van der Waals surface area contributed by atoms with Gasteiger partial charge in [-0.05, 0) is 0 Å². The lowest BCUT2D eigenvalue weighted by atomic mass is 10.4. The molecule has 0 radical (unpaired) electrons. The van der Waals surface area contributed by atoms with Gasteiger partial charge in [0.2, 0.25) is 5.82 Å². The third-order valence-electron chi connectivity index (χ3n) is 1.09. The number of halogens is 2. The summed E-state index contributed by atoms with van der Waals surface area (Å²) in [7, 11) is 0. The van der Waals surface area contributed by atoms with E-state index in [0.29, 0.717) is 0 Å². The molecule has 0 saturated heterocycles. The maximum atomic E-state index is 11.8. The van der Waals surface area contributed by atoms with Gasteiger partial charge >= 0.3 is 0 Å². The fraction of sp³-hybridized carbons (Fsp3) is 0.600. The third kappa shape index (κ3) is 1.94. The Morgan fingerprint density at radius 3 is 2.73 bits per heavy atom. The number of nitrogens with one attached hydrogen (secondary N) is 1. The molecule has 0 aromatic carbocycles. The van der Waals surface area contributed by atoms with Crippen LogP contribution in [0.15, 0.2) is 0 Å². The molecule has 0 amide bonds. The predicted molar refractivity (Wildman–Crippen MR) is 32.1 cm³/mol. The maximum absolute atomic E-state index is 11.8. The van der Waals surface area contributed by atoms with Crippen molar-refractivity contribution in [1.29, 1.82) is 0 Å². The van der Waals surface area contributed by atoms with E-state index in [4.69, 9.17) is 5.11 Å². The lowest BCUT2D eigenvalue weighted by Crippen LogP contribution is -1.93.